The van der Waals surface area contributed by atoms with Crippen molar-refractivity contribution < 1.29 is 23.9 Å². The largest absolute Gasteiger partial charge is 0.493 e. The van der Waals surface area contributed by atoms with E-state index >= 15 is 0 Å². The number of carbonyl (C=O) groups excluding carboxylic acids is 4. The number of rotatable bonds is 7. The lowest BCUT2D eigenvalue weighted by atomic mass is 10.1. The summed E-state index contributed by atoms with van der Waals surface area (Å²) in [4.78, 5) is 52.6. The van der Waals surface area contributed by atoms with Crippen molar-refractivity contribution in [1.82, 2.24) is 4.90 Å². The van der Waals surface area contributed by atoms with Gasteiger partial charge in [0.15, 0.2) is 0 Å². The zero-order valence-electron chi connectivity index (χ0n) is 18.9. The fourth-order valence-electron chi connectivity index (χ4n) is 3.88. The molecule has 1 aromatic heterocycles. The molecule has 9 heteroatoms. The van der Waals surface area contributed by atoms with Gasteiger partial charge in [0.1, 0.15) is 10.8 Å². The van der Waals surface area contributed by atoms with Crippen LogP contribution in [0.2, 0.25) is 0 Å². The van der Waals surface area contributed by atoms with Gasteiger partial charge in [-0.25, -0.2) is 0 Å². The molecule has 0 saturated carbocycles. The first-order valence-corrected chi connectivity index (χ1v) is 11.5. The van der Waals surface area contributed by atoms with Crippen LogP contribution in [-0.2, 0) is 6.54 Å². The van der Waals surface area contributed by atoms with E-state index in [4.69, 9.17) is 10.5 Å². The molecule has 34 heavy (non-hydrogen) atoms. The fraction of sp³-hybridized carbons (Fsp3) is 0.200. The Labute approximate surface area is 200 Å². The number of hydrogen-bond acceptors (Lipinski definition) is 6. The maximum atomic E-state index is 13.2. The van der Waals surface area contributed by atoms with Gasteiger partial charge in [-0.15, -0.1) is 11.3 Å². The van der Waals surface area contributed by atoms with Gasteiger partial charge in [-0.3, -0.25) is 24.1 Å². The number of benzene rings is 2. The van der Waals surface area contributed by atoms with E-state index in [1.807, 2.05) is 6.92 Å². The Bertz CT molecular complexity index is 1310. The summed E-state index contributed by atoms with van der Waals surface area (Å²) in [5, 5.41) is 3.13. The Morgan fingerprint density at radius 1 is 1.06 bits per heavy atom. The molecule has 0 fully saturated rings. The molecule has 1 aliphatic rings. The van der Waals surface area contributed by atoms with Gasteiger partial charge in [-0.2, -0.15) is 0 Å². The number of anilines is 1. The standard InChI is InChI=1S/C25H23N3O5S/c1-4-33-19-10-9-15(12-28-24(31)16-7-5-6-8-17(16)25(28)32)11-18(19)22(30)27-23-20(21(26)29)13(2)14(3)34-23/h5-11H,4,12H2,1-3H3,(H2,26,29)(H,27,30). The highest BCUT2D eigenvalue weighted by atomic mass is 32.1. The van der Waals surface area contributed by atoms with Gasteiger partial charge in [0.2, 0.25) is 0 Å². The van der Waals surface area contributed by atoms with Crippen molar-refractivity contribution in [1.29, 1.82) is 0 Å². The first-order valence-electron chi connectivity index (χ1n) is 10.6. The van der Waals surface area contributed by atoms with Crippen molar-refractivity contribution in [2.45, 2.75) is 27.3 Å². The van der Waals surface area contributed by atoms with Gasteiger partial charge in [-0.1, -0.05) is 18.2 Å². The highest BCUT2D eigenvalue weighted by Gasteiger charge is 2.35. The first kappa shape index (κ1) is 23.2. The van der Waals surface area contributed by atoms with Gasteiger partial charge < -0.3 is 15.8 Å². The van der Waals surface area contributed by atoms with Crippen LogP contribution < -0.4 is 15.8 Å². The molecule has 174 valence electrons. The third kappa shape index (κ3) is 4.06. The summed E-state index contributed by atoms with van der Waals surface area (Å²) in [6.07, 6.45) is 0. The second-order valence-corrected chi connectivity index (χ2v) is 9.04. The first-order chi connectivity index (χ1) is 16.2. The molecule has 8 nitrogen and oxygen atoms in total. The zero-order chi connectivity index (χ0) is 24.6. The van der Waals surface area contributed by atoms with Crippen molar-refractivity contribution >= 4 is 40.0 Å². The number of amides is 4. The number of ether oxygens (including phenoxy) is 1. The molecular weight excluding hydrogens is 454 g/mol. The predicted molar refractivity (Wildman–Crippen MR) is 129 cm³/mol. The summed E-state index contributed by atoms with van der Waals surface area (Å²) in [6.45, 7) is 5.75. The van der Waals surface area contributed by atoms with E-state index in [-0.39, 0.29) is 29.5 Å². The molecule has 1 aliphatic heterocycles. The smallest absolute Gasteiger partial charge is 0.261 e. The van der Waals surface area contributed by atoms with E-state index in [1.165, 1.54) is 11.3 Å². The molecule has 0 saturated heterocycles. The van der Waals surface area contributed by atoms with Gasteiger partial charge >= 0.3 is 0 Å². The predicted octanol–water partition coefficient (Wildman–Crippen LogP) is 3.91. The van der Waals surface area contributed by atoms with E-state index < -0.39 is 11.8 Å². The van der Waals surface area contributed by atoms with Crippen molar-refractivity contribution in [2.24, 2.45) is 5.73 Å². The second kappa shape index (κ2) is 9.11. The summed E-state index contributed by atoms with van der Waals surface area (Å²) in [5.41, 5.74) is 8.03. The molecule has 0 bridgehead atoms. The molecule has 0 aliphatic carbocycles. The third-order valence-corrected chi connectivity index (χ3v) is 6.79. The molecule has 0 atom stereocenters. The lowest BCUT2D eigenvalue weighted by Crippen LogP contribution is -2.29. The average Bonchev–Trinajstić information content (AvgIpc) is 3.22. The van der Waals surface area contributed by atoms with Crippen molar-refractivity contribution in [2.75, 3.05) is 11.9 Å². The highest BCUT2D eigenvalue weighted by molar-refractivity contribution is 7.16. The number of thiophene rings is 1. The minimum absolute atomic E-state index is 0.00276. The molecule has 2 heterocycles. The summed E-state index contributed by atoms with van der Waals surface area (Å²) in [7, 11) is 0. The van der Waals surface area contributed by atoms with E-state index in [0.29, 0.717) is 34.0 Å². The molecule has 3 aromatic rings. The Kier molecular flexibility index (Phi) is 6.21. The number of nitrogens with two attached hydrogens (primary N) is 1. The Hall–Kier alpha value is -3.98. The fourth-order valence-corrected chi connectivity index (χ4v) is 4.94. The lowest BCUT2D eigenvalue weighted by molar-refractivity contribution is 0.0642. The van der Waals surface area contributed by atoms with Crippen molar-refractivity contribution in [3.8, 4) is 5.75 Å². The number of primary amides is 1. The number of fused-ring (bicyclic) bond motifs is 1. The molecule has 0 spiro atoms. The Morgan fingerprint density at radius 2 is 1.71 bits per heavy atom. The van der Waals surface area contributed by atoms with E-state index in [2.05, 4.69) is 5.32 Å². The maximum Gasteiger partial charge on any atom is 0.261 e. The van der Waals surface area contributed by atoms with Gasteiger partial charge in [0.25, 0.3) is 23.6 Å². The van der Waals surface area contributed by atoms with Crippen molar-refractivity contribution in [3.63, 3.8) is 0 Å². The van der Waals surface area contributed by atoms with E-state index in [9.17, 15) is 19.2 Å². The number of nitrogens with one attached hydrogen (secondary N) is 1. The van der Waals surface area contributed by atoms with Crippen molar-refractivity contribution in [3.05, 3.63) is 80.7 Å². The molecule has 3 N–H and O–H groups in total. The molecule has 4 amide bonds. The van der Waals surface area contributed by atoms with Gasteiger partial charge in [0, 0.05) is 4.88 Å². The summed E-state index contributed by atoms with van der Waals surface area (Å²) < 4.78 is 5.62. The second-order valence-electron chi connectivity index (χ2n) is 7.81. The average molecular weight is 478 g/mol. The lowest BCUT2D eigenvalue weighted by Gasteiger charge is -2.16. The maximum absolute atomic E-state index is 13.2. The van der Waals surface area contributed by atoms with Gasteiger partial charge in [-0.05, 0) is 56.2 Å². The van der Waals surface area contributed by atoms with Crippen LogP contribution in [-0.4, -0.2) is 35.1 Å². The van der Waals surface area contributed by atoms with Crippen LogP contribution in [0.3, 0.4) is 0 Å². The van der Waals surface area contributed by atoms with E-state index in [0.717, 1.165) is 15.3 Å². The topological polar surface area (TPSA) is 119 Å². The third-order valence-electron chi connectivity index (χ3n) is 5.67. The van der Waals surface area contributed by atoms with Crippen LogP contribution >= 0.6 is 11.3 Å². The zero-order valence-corrected chi connectivity index (χ0v) is 19.7. The molecular formula is C25H23N3O5S. The number of imide groups is 1. The van der Waals surface area contributed by atoms with E-state index in [1.54, 1.807) is 56.3 Å². The monoisotopic (exact) mass is 477 g/mol. The quantitative estimate of drug-likeness (QED) is 0.500. The van der Waals surface area contributed by atoms with Crippen LogP contribution in [0.15, 0.2) is 42.5 Å². The van der Waals surface area contributed by atoms with Crippen LogP contribution in [0, 0.1) is 13.8 Å². The number of aryl methyl sites for hydroxylation is 1. The SMILES string of the molecule is CCOc1ccc(CN2C(=O)c3ccccc3C2=O)cc1C(=O)Nc1sc(C)c(C)c1C(N)=O. The summed E-state index contributed by atoms with van der Waals surface area (Å²) in [5.74, 6) is -1.53. The van der Waals surface area contributed by atoms with Crippen LogP contribution in [0.1, 0.15) is 64.4 Å². The molecule has 0 unspecified atom stereocenters. The molecule has 4 rings (SSSR count). The summed E-state index contributed by atoms with van der Waals surface area (Å²) >= 11 is 1.26. The summed E-state index contributed by atoms with van der Waals surface area (Å²) in [6, 6.07) is 11.6. The number of hydrogen-bond donors (Lipinski definition) is 2. The van der Waals surface area contributed by atoms with Gasteiger partial charge in [0.05, 0.1) is 35.4 Å². The minimum atomic E-state index is -0.624. The highest BCUT2D eigenvalue weighted by Crippen LogP contribution is 2.33. The molecule has 2 aromatic carbocycles. The Balaban J connectivity index is 1.64. The van der Waals surface area contributed by atoms with Crippen LogP contribution in [0.5, 0.6) is 5.75 Å². The van der Waals surface area contributed by atoms with Crippen LogP contribution in [0.4, 0.5) is 5.00 Å². The van der Waals surface area contributed by atoms with Crippen LogP contribution in [0.25, 0.3) is 0 Å². The number of nitrogens with zero attached hydrogens (tertiary/aromatic N) is 1. The normalized spacial score (nSPS) is 12.6. The Morgan fingerprint density at radius 3 is 2.29 bits per heavy atom. The number of carbonyl (C=O) groups is 4. The molecule has 0 radical (unpaired) electrons. The minimum Gasteiger partial charge on any atom is -0.493 e.